The number of Topliss-reactive ketones (excluding diaryl/α,β-unsaturated/α-hetero) is 1. The fraction of sp³-hybridized carbons (Fsp3) is 0.417. The molecule has 0 saturated carbocycles. The molecule has 1 aliphatic rings. The number of benzene rings is 1. The lowest BCUT2D eigenvalue weighted by Crippen LogP contribution is -2.33. The summed E-state index contributed by atoms with van der Waals surface area (Å²) in [6.07, 6.45) is 0.679. The predicted octanol–water partition coefficient (Wildman–Crippen LogP) is 3.53. The zero-order valence-corrected chi connectivity index (χ0v) is 19.2. The zero-order chi connectivity index (χ0) is 23.4. The van der Waals surface area contributed by atoms with E-state index >= 15 is 0 Å². The molecule has 8 nitrogen and oxygen atoms in total. The van der Waals surface area contributed by atoms with Gasteiger partial charge in [0.25, 0.3) is 5.91 Å². The lowest BCUT2D eigenvalue weighted by Gasteiger charge is -2.27. The Kier molecular flexibility index (Phi) is 7.25. The van der Waals surface area contributed by atoms with E-state index in [2.05, 4.69) is 0 Å². The third-order valence-electron chi connectivity index (χ3n) is 5.32. The molecule has 1 atom stereocenters. The van der Waals surface area contributed by atoms with Crippen LogP contribution < -0.4 is 9.47 Å². The zero-order valence-electron chi connectivity index (χ0n) is 19.2. The van der Waals surface area contributed by atoms with Crippen molar-refractivity contribution in [3.63, 3.8) is 0 Å². The van der Waals surface area contributed by atoms with E-state index < -0.39 is 23.5 Å². The number of furan rings is 1. The number of hydrogen-bond donors (Lipinski definition) is 1. The molecule has 0 fully saturated rings. The highest BCUT2D eigenvalue weighted by molar-refractivity contribution is 6.15. The van der Waals surface area contributed by atoms with E-state index in [1.807, 2.05) is 25.9 Å². The SMILES string of the molecule is CCOc1ccc([C@@H]2C(C(=O)c3ccc(C)o3)=C(O)C(=O)N2CCCN(C)C)cc1OC. The highest BCUT2D eigenvalue weighted by Crippen LogP contribution is 2.41. The first-order valence-electron chi connectivity index (χ1n) is 10.6. The second-order valence-electron chi connectivity index (χ2n) is 7.90. The van der Waals surface area contributed by atoms with Crippen LogP contribution in [0.5, 0.6) is 11.5 Å². The third kappa shape index (κ3) is 4.65. The van der Waals surface area contributed by atoms with Crippen molar-refractivity contribution in [1.82, 2.24) is 9.80 Å². The number of ether oxygens (including phenoxy) is 2. The van der Waals surface area contributed by atoms with Gasteiger partial charge in [0.2, 0.25) is 5.78 Å². The largest absolute Gasteiger partial charge is 0.503 e. The molecule has 0 unspecified atom stereocenters. The van der Waals surface area contributed by atoms with Gasteiger partial charge in [0.1, 0.15) is 5.76 Å². The molecule has 1 N–H and O–H groups in total. The van der Waals surface area contributed by atoms with Crippen molar-refractivity contribution in [3.8, 4) is 11.5 Å². The number of amides is 1. The fourth-order valence-corrected chi connectivity index (χ4v) is 3.84. The van der Waals surface area contributed by atoms with E-state index in [0.29, 0.717) is 42.4 Å². The second-order valence-corrected chi connectivity index (χ2v) is 7.90. The average molecular weight is 443 g/mol. The Morgan fingerprint density at radius 3 is 2.56 bits per heavy atom. The molecule has 2 heterocycles. The van der Waals surface area contributed by atoms with Gasteiger partial charge < -0.3 is 28.8 Å². The highest BCUT2D eigenvalue weighted by atomic mass is 16.5. The van der Waals surface area contributed by atoms with Gasteiger partial charge in [-0.1, -0.05) is 6.07 Å². The summed E-state index contributed by atoms with van der Waals surface area (Å²) in [7, 11) is 5.43. The van der Waals surface area contributed by atoms with E-state index in [-0.39, 0.29) is 11.3 Å². The van der Waals surface area contributed by atoms with Crippen molar-refractivity contribution in [2.24, 2.45) is 0 Å². The van der Waals surface area contributed by atoms with Crippen molar-refractivity contribution < 1.29 is 28.6 Å². The molecule has 8 heteroatoms. The predicted molar refractivity (Wildman–Crippen MR) is 119 cm³/mol. The standard InChI is InChI=1S/C24H30N2O6/c1-6-31-17-11-9-16(14-19(17)30-5)21-20(22(27)18-10-8-15(2)32-18)23(28)24(29)26(21)13-7-12-25(3)4/h8-11,14,21,28H,6-7,12-13H2,1-5H3/t21-/m1/s1. The number of aliphatic hydroxyl groups is 1. The summed E-state index contributed by atoms with van der Waals surface area (Å²) in [6.45, 7) is 5.20. The number of ketones is 1. The molecule has 3 rings (SSSR count). The molecule has 172 valence electrons. The monoisotopic (exact) mass is 442 g/mol. The molecular weight excluding hydrogens is 412 g/mol. The van der Waals surface area contributed by atoms with Crippen molar-refractivity contribution in [1.29, 1.82) is 0 Å². The Hall–Kier alpha value is -3.26. The quantitative estimate of drug-likeness (QED) is 0.563. The molecule has 1 amide bonds. The number of aryl methyl sites for hydroxylation is 1. The summed E-state index contributed by atoms with van der Waals surface area (Å²) in [6, 6.07) is 7.71. The second kappa shape index (κ2) is 9.91. The summed E-state index contributed by atoms with van der Waals surface area (Å²) in [5, 5.41) is 10.7. The number of rotatable bonds is 10. The van der Waals surface area contributed by atoms with Crippen LogP contribution in [0.4, 0.5) is 0 Å². The number of carbonyl (C=O) groups is 2. The van der Waals surface area contributed by atoms with Crippen molar-refractivity contribution >= 4 is 11.7 Å². The first-order chi connectivity index (χ1) is 15.3. The minimum absolute atomic E-state index is 0.000385. The number of carbonyl (C=O) groups excluding carboxylic acids is 2. The van der Waals surface area contributed by atoms with E-state index in [0.717, 1.165) is 6.54 Å². The normalized spacial score (nSPS) is 16.2. The van der Waals surface area contributed by atoms with Crippen LogP contribution in [0.15, 0.2) is 46.1 Å². The smallest absolute Gasteiger partial charge is 0.290 e. The molecule has 0 radical (unpaired) electrons. The first kappa shape index (κ1) is 23.4. The Morgan fingerprint density at radius 1 is 1.22 bits per heavy atom. The molecule has 0 bridgehead atoms. The van der Waals surface area contributed by atoms with Gasteiger partial charge in [-0.3, -0.25) is 9.59 Å². The van der Waals surface area contributed by atoms with Gasteiger partial charge in [-0.2, -0.15) is 0 Å². The highest BCUT2D eigenvalue weighted by Gasteiger charge is 2.44. The van der Waals surface area contributed by atoms with E-state index in [1.54, 1.807) is 37.3 Å². The van der Waals surface area contributed by atoms with Crippen LogP contribution in [0.1, 0.15) is 41.3 Å². The maximum Gasteiger partial charge on any atom is 0.290 e. The van der Waals surface area contributed by atoms with Gasteiger partial charge in [0, 0.05) is 6.54 Å². The van der Waals surface area contributed by atoms with Crippen LogP contribution in [-0.2, 0) is 4.79 Å². The van der Waals surface area contributed by atoms with Crippen LogP contribution in [0.2, 0.25) is 0 Å². The molecule has 0 spiro atoms. The fourth-order valence-electron chi connectivity index (χ4n) is 3.84. The molecule has 2 aromatic rings. The van der Waals surface area contributed by atoms with Crippen molar-refractivity contribution in [2.45, 2.75) is 26.3 Å². The van der Waals surface area contributed by atoms with E-state index in [4.69, 9.17) is 13.9 Å². The Balaban J connectivity index is 2.06. The van der Waals surface area contributed by atoms with Gasteiger partial charge in [-0.15, -0.1) is 0 Å². The van der Waals surface area contributed by atoms with Crippen LogP contribution in [0.3, 0.4) is 0 Å². The molecule has 0 saturated heterocycles. The van der Waals surface area contributed by atoms with Gasteiger partial charge in [0.05, 0.1) is 25.3 Å². The molecule has 32 heavy (non-hydrogen) atoms. The molecular formula is C24H30N2O6. The first-order valence-corrected chi connectivity index (χ1v) is 10.6. The van der Waals surface area contributed by atoms with E-state index in [9.17, 15) is 14.7 Å². The molecule has 1 aliphatic heterocycles. The Bertz CT molecular complexity index is 1020. The molecule has 1 aromatic heterocycles. The number of hydrogen-bond acceptors (Lipinski definition) is 7. The summed E-state index contributed by atoms with van der Waals surface area (Å²) in [5.74, 6) is 0.0497. The van der Waals surface area contributed by atoms with Gasteiger partial charge in [0.15, 0.2) is 23.0 Å². The van der Waals surface area contributed by atoms with Crippen LogP contribution in [0, 0.1) is 6.92 Å². The van der Waals surface area contributed by atoms with Crippen molar-refractivity contribution in [2.75, 3.05) is 40.9 Å². The average Bonchev–Trinajstić information content (AvgIpc) is 3.30. The maximum absolute atomic E-state index is 13.3. The maximum atomic E-state index is 13.3. The lowest BCUT2D eigenvalue weighted by atomic mass is 9.94. The van der Waals surface area contributed by atoms with Gasteiger partial charge in [-0.25, -0.2) is 0 Å². The summed E-state index contributed by atoms with van der Waals surface area (Å²) in [5.41, 5.74) is 0.639. The van der Waals surface area contributed by atoms with Gasteiger partial charge >= 0.3 is 0 Å². The third-order valence-corrected chi connectivity index (χ3v) is 5.32. The minimum Gasteiger partial charge on any atom is -0.503 e. The molecule has 1 aromatic carbocycles. The number of methoxy groups -OCH3 is 1. The summed E-state index contributed by atoms with van der Waals surface area (Å²) >= 11 is 0. The van der Waals surface area contributed by atoms with Crippen LogP contribution in [-0.4, -0.2) is 67.5 Å². The number of aliphatic hydroxyl groups excluding tert-OH is 1. The molecule has 0 aliphatic carbocycles. The van der Waals surface area contributed by atoms with Crippen LogP contribution >= 0.6 is 0 Å². The van der Waals surface area contributed by atoms with Crippen molar-refractivity contribution in [3.05, 3.63) is 58.7 Å². The lowest BCUT2D eigenvalue weighted by molar-refractivity contribution is -0.129. The number of nitrogens with zero attached hydrogens (tertiary/aromatic N) is 2. The van der Waals surface area contributed by atoms with Gasteiger partial charge in [-0.05, 0) is 70.7 Å². The summed E-state index contributed by atoms with van der Waals surface area (Å²) < 4.78 is 16.6. The minimum atomic E-state index is -0.771. The Morgan fingerprint density at radius 2 is 1.97 bits per heavy atom. The summed E-state index contributed by atoms with van der Waals surface area (Å²) in [4.78, 5) is 29.8. The Labute approximate surface area is 188 Å². The van der Waals surface area contributed by atoms with E-state index in [1.165, 1.54) is 12.0 Å². The topological polar surface area (TPSA) is 92.5 Å². The van der Waals surface area contributed by atoms with Crippen LogP contribution in [0.25, 0.3) is 0 Å².